The third-order valence-electron chi connectivity index (χ3n) is 4.56. The molecular weight excluding hydrogens is 280 g/mol. The van der Waals surface area contributed by atoms with Crippen molar-refractivity contribution in [2.45, 2.75) is 51.7 Å². The van der Waals surface area contributed by atoms with Crippen LogP contribution in [0, 0.1) is 0 Å². The predicted octanol–water partition coefficient (Wildman–Crippen LogP) is 4.09. The Bertz CT molecular complexity index is 566. The van der Waals surface area contributed by atoms with Crippen LogP contribution in [0.2, 0.25) is 0 Å². The molecule has 0 bridgehead atoms. The first-order valence-corrected chi connectivity index (χ1v) is 7.96. The largest absolute Gasteiger partial charge is 0.489 e. The Morgan fingerprint density at radius 2 is 2.18 bits per heavy atom. The van der Waals surface area contributed by atoms with Crippen LogP contribution in [-0.2, 0) is 4.74 Å². The minimum atomic E-state index is 0.128. The summed E-state index contributed by atoms with van der Waals surface area (Å²) >= 11 is 0. The first-order chi connectivity index (χ1) is 10.6. The molecule has 0 spiro atoms. The summed E-state index contributed by atoms with van der Waals surface area (Å²) < 4.78 is 22.1. The van der Waals surface area contributed by atoms with Gasteiger partial charge in [0, 0.05) is 6.07 Å². The van der Waals surface area contributed by atoms with Crippen LogP contribution >= 0.6 is 0 Å². The number of hydrogen-bond acceptors (Lipinski definition) is 4. The van der Waals surface area contributed by atoms with Crippen molar-refractivity contribution in [2.24, 2.45) is 0 Å². The van der Waals surface area contributed by atoms with Crippen LogP contribution in [0.1, 0.15) is 40.0 Å². The van der Waals surface area contributed by atoms with Crippen molar-refractivity contribution in [1.82, 2.24) is 0 Å². The first kappa shape index (κ1) is 15.2. The maximum absolute atomic E-state index is 5.74. The normalized spacial score (nSPS) is 26.1. The van der Waals surface area contributed by atoms with Gasteiger partial charge >= 0.3 is 0 Å². The molecule has 1 saturated heterocycles. The summed E-state index contributed by atoms with van der Waals surface area (Å²) in [6.07, 6.45) is 5.81. The number of benzene rings is 1. The van der Waals surface area contributed by atoms with Gasteiger partial charge in [0.1, 0.15) is 12.4 Å². The van der Waals surface area contributed by atoms with Crippen LogP contribution in [0.5, 0.6) is 17.2 Å². The number of hydrogen-bond donors (Lipinski definition) is 0. The molecule has 1 aromatic rings. The summed E-state index contributed by atoms with van der Waals surface area (Å²) in [5.74, 6) is 2.34. The maximum Gasteiger partial charge on any atom is 0.231 e. The Morgan fingerprint density at radius 1 is 1.36 bits per heavy atom. The summed E-state index contributed by atoms with van der Waals surface area (Å²) in [6.45, 7) is 7.38. The van der Waals surface area contributed by atoms with Crippen LogP contribution in [-0.4, -0.2) is 25.1 Å². The Balaban J connectivity index is 1.42. The third kappa shape index (κ3) is 3.38. The highest BCUT2D eigenvalue weighted by molar-refractivity contribution is 5.46. The van der Waals surface area contributed by atoms with E-state index in [2.05, 4.69) is 26.8 Å². The van der Waals surface area contributed by atoms with Gasteiger partial charge in [-0.1, -0.05) is 12.5 Å². The Labute approximate surface area is 132 Å². The van der Waals surface area contributed by atoms with Crippen molar-refractivity contribution in [2.75, 3.05) is 13.4 Å². The molecule has 3 rings (SSSR count). The maximum atomic E-state index is 5.74. The van der Waals surface area contributed by atoms with Gasteiger partial charge in [0.15, 0.2) is 11.5 Å². The van der Waals surface area contributed by atoms with Gasteiger partial charge in [-0.15, -0.1) is 0 Å². The first-order valence-electron chi connectivity index (χ1n) is 7.96. The zero-order chi connectivity index (χ0) is 15.6. The van der Waals surface area contributed by atoms with E-state index in [9.17, 15) is 0 Å². The van der Waals surface area contributed by atoms with Crippen molar-refractivity contribution in [3.63, 3.8) is 0 Å². The molecule has 22 heavy (non-hydrogen) atoms. The molecule has 2 aliphatic rings. The fraction of sp³-hybridized carbons (Fsp3) is 0.556. The number of ether oxygens (including phenoxy) is 4. The van der Waals surface area contributed by atoms with Crippen LogP contribution in [0.25, 0.3) is 0 Å². The van der Waals surface area contributed by atoms with Gasteiger partial charge in [-0.05, 0) is 51.3 Å². The quantitative estimate of drug-likeness (QED) is 0.562. The SMILES string of the molecule is CC[C@]1(C)O[C@H]1CCC(C)=CCOc1ccc2c(c1)OCO2. The molecule has 2 aliphatic heterocycles. The molecule has 4 nitrogen and oxygen atoms in total. The molecule has 0 aliphatic carbocycles. The average molecular weight is 304 g/mol. The van der Waals surface area contributed by atoms with Gasteiger partial charge in [0.25, 0.3) is 0 Å². The van der Waals surface area contributed by atoms with E-state index in [-0.39, 0.29) is 12.4 Å². The van der Waals surface area contributed by atoms with Gasteiger partial charge in [0.05, 0.1) is 11.7 Å². The summed E-state index contributed by atoms with van der Waals surface area (Å²) in [5.41, 5.74) is 1.47. The second-order valence-corrected chi connectivity index (χ2v) is 6.19. The van der Waals surface area contributed by atoms with Crippen molar-refractivity contribution < 1.29 is 18.9 Å². The van der Waals surface area contributed by atoms with Gasteiger partial charge in [-0.3, -0.25) is 0 Å². The zero-order valence-corrected chi connectivity index (χ0v) is 13.6. The van der Waals surface area contributed by atoms with E-state index in [0.717, 1.165) is 36.5 Å². The number of epoxide rings is 1. The minimum absolute atomic E-state index is 0.128. The van der Waals surface area contributed by atoms with E-state index < -0.39 is 0 Å². The third-order valence-corrected chi connectivity index (χ3v) is 4.56. The van der Waals surface area contributed by atoms with Crippen LogP contribution in [0.15, 0.2) is 29.8 Å². The fourth-order valence-corrected chi connectivity index (χ4v) is 2.67. The van der Waals surface area contributed by atoms with Crippen molar-refractivity contribution in [3.05, 3.63) is 29.8 Å². The molecular formula is C18H24O4. The molecule has 0 unspecified atom stereocenters. The van der Waals surface area contributed by atoms with E-state index in [4.69, 9.17) is 18.9 Å². The van der Waals surface area contributed by atoms with E-state index in [1.54, 1.807) is 0 Å². The van der Waals surface area contributed by atoms with Crippen molar-refractivity contribution >= 4 is 0 Å². The molecule has 1 aromatic carbocycles. The topological polar surface area (TPSA) is 40.2 Å². The number of rotatable bonds is 7. The van der Waals surface area contributed by atoms with E-state index in [0.29, 0.717) is 12.7 Å². The lowest BCUT2D eigenvalue weighted by molar-refractivity contribution is 0.174. The summed E-state index contributed by atoms with van der Waals surface area (Å²) in [5, 5.41) is 0. The molecule has 1 fully saturated rings. The molecule has 0 N–H and O–H groups in total. The lowest BCUT2D eigenvalue weighted by atomic mass is 9.99. The lowest BCUT2D eigenvalue weighted by Crippen LogP contribution is -2.07. The highest BCUT2D eigenvalue weighted by atomic mass is 16.7. The lowest BCUT2D eigenvalue weighted by Gasteiger charge is -2.06. The Hall–Kier alpha value is -1.68. The standard InChI is InChI=1S/C18H24O4/c1-4-18(3)17(22-18)8-5-13(2)9-10-19-14-6-7-15-16(11-14)21-12-20-15/h6-7,9,11,17H,4-5,8,10,12H2,1-3H3/t17-,18-/m0/s1. The van der Waals surface area contributed by atoms with Gasteiger partial charge in [-0.2, -0.15) is 0 Å². The molecule has 0 amide bonds. The summed E-state index contributed by atoms with van der Waals surface area (Å²) in [6, 6.07) is 5.65. The second-order valence-electron chi connectivity index (χ2n) is 6.19. The molecule has 2 atom stereocenters. The van der Waals surface area contributed by atoms with Crippen LogP contribution in [0.3, 0.4) is 0 Å². The van der Waals surface area contributed by atoms with Gasteiger partial charge in [-0.25, -0.2) is 0 Å². The van der Waals surface area contributed by atoms with Crippen molar-refractivity contribution in [1.29, 1.82) is 0 Å². The second kappa shape index (κ2) is 6.21. The van der Waals surface area contributed by atoms with Crippen molar-refractivity contribution in [3.8, 4) is 17.2 Å². The minimum Gasteiger partial charge on any atom is -0.489 e. The Kier molecular flexibility index (Phi) is 4.30. The number of allylic oxidation sites excluding steroid dienone is 1. The molecule has 0 radical (unpaired) electrons. The molecule has 4 heteroatoms. The average Bonchev–Trinajstić information content (AvgIpc) is 2.95. The van der Waals surface area contributed by atoms with E-state index in [1.165, 1.54) is 5.57 Å². The highest BCUT2D eigenvalue weighted by Gasteiger charge is 2.49. The summed E-state index contributed by atoms with van der Waals surface area (Å²) in [7, 11) is 0. The number of fused-ring (bicyclic) bond motifs is 1. The van der Waals surface area contributed by atoms with E-state index >= 15 is 0 Å². The summed E-state index contributed by atoms with van der Waals surface area (Å²) in [4.78, 5) is 0. The monoisotopic (exact) mass is 304 g/mol. The van der Waals surface area contributed by atoms with E-state index in [1.807, 2.05) is 18.2 Å². The molecule has 0 saturated carbocycles. The predicted molar refractivity (Wildman–Crippen MR) is 84.6 cm³/mol. The van der Waals surface area contributed by atoms with Gasteiger partial charge < -0.3 is 18.9 Å². The van der Waals surface area contributed by atoms with Gasteiger partial charge in [0.2, 0.25) is 6.79 Å². The fourth-order valence-electron chi connectivity index (χ4n) is 2.67. The van der Waals surface area contributed by atoms with Crippen LogP contribution < -0.4 is 14.2 Å². The highest BCUT2D eigenvalue weighted by Crippen LogP contribution is 2.42. The molecule has 0 aromatic heterocycles. The zero-order valence-electron chi connectivity index (χ0n) is 13.6. The molecule has 120 valence electrons. The molecule has 2 heterocycles. The smallest absolute Gasteiger partial charge is 0.231 e. The van der Waals surface area contributed by atoms with Crippen LogP contribution in [0.4, 0.5) is 0 Å². The Morgan fingerprint density at radius 3 is 2.95 bits per heavy atom.